The van der Waals surface area contributed by atoms with E-state index in [9.17, 15) is 8.42 Å². The van der Waals surface area contributed by atoms with E-state index in [1.807, 2.05) is 24.5 Å². The second kappa shape index (κ2) is 7.04. The molecule has 1 atom stereocenters. The lowest BCUT2D eigenvalue weighted by molar-refractivity contribution is 0.171. The van der Waals surface area contributed by atoms with Gasteiger partial charge in [-0.2, -0.15) is 0 Å². The van der Waals surface area contributed by atoms with Gasteiger partial charge in [-0.05, 0) is 55.1 Å². The molecular formula is C17H19NO4S2. The molecule has 0 saturated carbocycles. The molecule has 0 fully saturated rings. The molecule has 24 heavy (non-hydrogen) atoms. The van der Waals surface area contributed by atoms with E-state index < -0.39 is 10.0 Å². The van der Waals surface area contributed by atoms with Crippen molar-refractivity contribution in [1.82, 2.24) is 4.72 Å². The maximum absolute atomic E-state index is 12.5. The van der Waals surface area contributed by atoms with Gasteiger partial charge in [0, 0.05) is 10.9 Å². The lowest BCUT2D eigenvalue weighted by atomic mass is 10.1. The van der Waals surface area contributed by atoms with Crippen molar-refractivity contribution in [2.75, 3.05) is 19.5 Å². The fraction of sp³-hybridized carbons (Fsp3) is 0.294. The second-order valence-corrected chi connectivity index (χ2v) is 8.02. The zero-order valence-electron chi connectivity index (χ0n) is 13.5. The summed E-state index contributed by atoms with van der Waals surface area (Å²) in [5.41, 5.74) is 0.823. The Labute approximate surface area is 146 Å². The van der Waals surface area contributed by atoms with Crippen LogP contribution in [0.1, 0.15) is 18.5 Å². The van der Waals surface area contributed by atoms with Crippen LogP contribution in [0.25, 0.3) is 0 Å². The average Bonchev–Trinajstić information content (AvgIpc) is 2.61. The smallest absolute Gasteiger partial charge is 0.241 e. The van der Waals surface area contributed by atoms with Crippen molar-refractivity contribution in [3.8, 4) is 11.5 Å². The topological polar surface area (TPSA) is 64.6 Å². The van der Waals surface area contributed by atoms with Crippen LogP contribution in [0.2, 0.25) is 0 Å². The third-order valence-corrected chi connectivity index (χ3v) is 6.07. The number of fused-ring (bicyclic) bond motifs is 1. The largest absolute Gasteiger partial charge is 0.486 e. The van der Waals surface area contributed by atoms with Gasteiger partial charge in [0.05, 0.1) is 4.90 Å². The summed E-state index contributed by atoms with van der Waals surface area (Å²) < 4.78 is 38.8. The van der Waals surface area contributed by atoms with Crippen molar-refractivity contribution in [3.05, 3.63) is 48.0 Å². The molecule has 1 N–H and O–H groups in total. The van der Waals surface area contributed by atoms with Crippen molar-refractivity contribution in [2.24, 2.45) is 0 Å². The van der Waals surface area contributed by atoms with E-state index in [4.69, 9.17) is 9.47 Å². The van der Waals surface area contributed by atoms with Crippen molar-refractivity contribution < 1.29 is 17.9 Å². The number of ether oxygens (including phenoxy) is 2. The zero-order chi connectivity index (χ0) is 17.2. The van der Waals surface area contributed by atoms with E-state index in [2.05, 4.69) is 4.72 Å². The van der Waals surface area contributed by atoms with Gasteiger partial charge in [-0.1, -0.05) is 6.07 Å². The molecule has 1 aliphatic rings. The molecule has 7 heteroatoms. The van der Waals surface area contributed by atoms with Crippen LogP contribution in [0, 0.1) is 0 Å². The minimum atomic E-state index is -3.59. The summed E-state index contributed by atoms with van der Waals surface area (Å²) in [4.78, 5) is 1.28. The van der Waals surface area contributed by atoms with E-state index in [1.54, 1.807) is 43.0 Å². The van der Waals surface area contributed by atoms with Crippen molar-refractivity contribution in [2.45, 2.75) is 22.8 Å². The Morgan fingerprint density at radius 1 is 1.04 bits per heavy atom. The Balaban J connectivity index is 1.78. The zero-order valence-corrected chi connectivity index (χ0v) is 15.1. The van der Waals surface area contributed by atoms with Crippen LogP contribution in [0.3, 0.4) is 0 Å². The third kappa shape index (κ3) is 3.68. The average molecular weight is 365 g/mol. The number of rotatable bonds is 5. The van der Waals surface area contributed by atoms with Gasteiger partial charge in [-0.25, -0.2) is 13.1 Å². The van der Waals surface area contributed by atoms with Crippen LogP contribution < -0.4 is 14.2 Å². The summed E-state index contributed by atoms with van der Waals surface area (Å²) >= 11 is 1.57. The molecule has 0 spiro atoms. The number of benzene rings is 2. The van der Waals surface area contributed by atoms with Crippen LogP contribution in [-0.2, 0) is 10.0 Å². The fourth-order valence-electron chi connectivity index (χ4n) is 2.45. The van der Waals surface area contributed by atoms with Crippen LogP contribution in [0.4, 0.5) is 0 Å². The maximum Gasteiger partial charge on any atom is 0.241 e. The van der Waals surface area contributed by atoms with E-state index in [-0.39, 0.29) is 10.9 Å². The Hall–Kier alpha value is -1.70. The molecule has 0 aromatic heterocycles. The van der Waals surface area contributed by atoms with Gasteiger partial charge in [0.15, 0.2) is 11.5 Å². The minimum absolute atomic E-state index is 0.254. The van der Waals surface area contributed by atoms with Crippen LogP contribution in [0.5, 0.6) is 11.5 Å². The summed E-state index contributed by atoms with van der Waals surface area (Å²) in [6, 6.07) is 11.9. The predicted octanol–water partition coefficient (Wildman–Crippen LogP) is 3.22. The van der Waals surface area contributed by atoms with Gasteiger partial charge in [-0.3, -0.25) is 0 Å². The molecule has 1 aliphatic heterocycles. The summed E-state index contributed by atoms with van der Waals surface area (Å²) in [7, 11) is -3.59. The number of nitrogens with one attached hydrogen (secondary N) is 1. The molecule has 0 saturated heterocycles. The quantitative estimate of drug-likeness (QED) is 0.824. The summed E-state index contributed by atoms with van der Waals surface area (Å²) in [5, 5.41) is 0. The summed E-state index contributed by atoms with van der Waals surface area (Å²) in [5.74, 6) is 1.34. The standard InChI is InChI=1S/C17H19NO4S2/c1-12(13-3-8-16-17(11-13)22-10-9-21-16)18-24(19,20)15-6-4-14(23-2)5-7-15/h3-8,11-12,18H,9-10H2,1-2H3/t12-/m0/s1. The van der Waals surface area contributed by atoms with Gasteiger partial charge in [0.25, 0.3) is 0 Å². The van der Waals surface area contributed by atoms with E-state index in [1.165, 1.54) is 0 Å². The van der Waals surface area contributed by atoms with Crippen molar-refractivity contribution in [1.29, 1.82) is 0 Å². The van der Waals surface area contributed by atoms with Gasteiger partial charge in [-0.15, -0.1) is 11.8 Å². The lowest BCUT2D eigenvalue weighted by Crippen LogP contribution is -2.27. The molecule has 0 amide bonds. The van der Waals surface area contributed by atoms with E-state index in [0.29, 0.717) is 24.7 Å². The van der Waals surface area contributed by atoms with Crippen molar-refractivity contribution in [3.63, 3.8) is 0 Å². The first kappa shape index (κ1) is 17.1. The summed E-state index contributed by atoms with van der Waals surface area (Å²) in [6.07, 6.45) is 1.95. The molecule has 0 radical (unpaired) electrons. The Morgan fingerprint density at radius 3 is 2.38 bits per heavy atom. The van der Waals surface area contributed by atoms with Gasteiger partial charge in [0.2, 0.25) is 10.0 Å². The van der Waals surface area contributed by atoms with Gasteiger partial charge in [0.1, 0.15) is 13.2 Å². The molecule has 5 nitrogen and oxygen atoms in total. The van der Waals surface area contributed by atoms with Crippen LogP contribution in [-0.4, -0.2) is 27.9 Å². The second-order valence-electron chi connectivity index (χ2n) is 5.42. The molecule has 128 valence electrons. The van der Waals surface area contributed by atoms with Crippen LogP contribution >= 0.6 is 11.8 Å². The first-order chi connectivity index (χ1) is 11.5. The van der Waals surface area contributed by atoms with Gasteiger partial charge >= 0.3 is 0 Å². The molecule has 0 aliphatic carbocycles. The lowest BCUT2D eigenvalue weighted by Gasteiger charge is -2.21. The number of thioether (sulfide) groups is 1. The van der Waals surface area contributed by atoms with E-state index >= 15 is 0 Å². The first-order valence-corrected chi connectivity index (χ1v) is 10.3. The van der Waals surface area contributed by atoms with Crippen LogP contribution in [0.15, 0.2) is 52.3 Å². The monoisotopic (exact) mass is 365 g/mol. The molecule has 2 aromatic rings. The Bertz CT molecular complexity index is 819. The molecular weight excluding hydrogens is 346 g/mol. The molecule has 1 heterocycles. The maximum atomic E-state index is 12.5. The molecule has 0 unspecified atom stereocenters. The number of hydrogen-bond donors (Lipinski definition) is 1. The third-order valence-electron chi connectivity index (χ3n) is 3.77. The normalized spacial score (nSPS) is 15.1. The number of hydrogen-bond acceptors (Lipinski definition) is 5. The Kier molecular flexibility index (Phi) is 5.03. The highest BCUT2D eigenvalue weighted by Crippen LogP contribution is 2.33. The minimum Gasteiger partial charge on any atom is -0.486 e. The van der Waals surface area contributed by atoms with Gasteiger partial charge < -0.3 is 9.47 Å². The first-order valence-electron chi connectivity index (χ1n) is 7.55. The fourth-order valence-corrected chi connectivity index (χ4v) is 4.09. The van der Waals surface area contributed by atoms with E-state index in [0.717, 1.165) is 10.5 Å². The number of sulfonamides is 1. The molecule has 0 bridgehead atoms. The highest BCUT2D eigenvalue weighted by atomic mass is 32.2. The Morgan fingerprint density at radius 2 is 1.71 bits per heavy atom. The highest BCUT2D eigenvalue weighted by molar-refractivity contribution is 7.98. The molecule has 2 aromatic carbocycles. The molecule has 3 rings (SSSR count). The van der Waals surface area contributed by atoms with Crippen molar-refractivity contribution >= 4 is 21.8 Å². The SMILES string of the molecule is CSc1ccc(S(=O)(=O)N[C@@H](C)c2ccc3c(c2)OCCO3)cc1. The highest BCUT2D eigenvalue weighted by Gasteiger charge is 2.20. The predicted molar refractivity (Wildman–Crippen MR) is 94.4 cm³/mol. The summed E-state index contributed by atoms with van der Waals surface area (Å²) in [6.45, 7) is 2.83.